The molecule has 2 heterocycles. The van der Waals surface area contributed by atoms with Crippen LogP contribution >= 0.6 is 11.3 Å². The Morgan fingerprint density at radius 2 is 1.91 bits per heavy atom. The van der Waals surface area contributed by atoms with E-state index >= 15 is 0 Å². The van der Waals surface area contributed by atoms with Gasteiger partial charge in [0.15, 0.2) is 0 Å². The van der Waals surface area contributed by atoms with Crippen molar-refractivity contribution >= 4 is 34.1 Å². The molecule has 1 aliphatic heterocycles. The van der Waals surface area contributed by atoms with Gasteiger partial charge < -0.3 is 16.0 Å². The summed E-state index contributed by atoms with van der Waals surface area (Å²) in [6.45, 7) is 5.92. The molecule has 0 aromatic carbocycles. The van der Waals surface area contributed by atoms with Crippen LogP contribution in [0.1, 0.15) is 24.2 Å². The van der Waals surface area contributed by atoms with E-state index in [1.807, 2.05) is 11.8 Å². The van der Waals surface area contributed by atoms with Crippen molar-refractivity contribution in [2.75, 3.05) is 31.5 Å². The minimum atomic E-state index is -0.556. The Labute approximate surface area is 133 Å². The summed E-state index contributed by atoms with van der Waals surface area (Å²) in [6.07, 6.45) is 0. The van der Waals surface area contributed by atoms with Crippen molar-refractivity contribution in [2.45, 2.75) is 19.9 Å². The molecule has 0 saturated carbocycles. The number of hydrogen-bond acceptors (Lipinski definition) is 5. The predicted molar refractivity (Wildman–Crippen MR) is 84.8 cm³/mol. The second-order valence-electron chi connectivity index (χ2n) is 5.23. The van der Waals surface area contributed by atoms with Crippen LogP contribution in [0, 0.1) is 0 Å². The Hall–Kier alpha value is -1.93. The molecule has 3 amide bonds. The van der Waals surface area contributed by atoms with E-state index in [9.17, 15) is 14.4 Å². The molecule has 2 rings (SSSR count). The molecule has 1 aromatic heterocycles. The van der Waals surface area contributed by atoms with Crippen LogP contribution in [-0.2, 0) is 9.59 Å². The van der Waals surface area contributed by atoms with Gasteiger partial charge in [-0.15, -0.1) is 11.3 Å². The van der Waals surface area contributed by atoms with Gasteiger partial charge in [0.25, 0.3) is 5.91 Å². The maximum absolute atomic E-state index is 12.3. The number of carbonyl (C=O) groups excluding carboxylic acids is 3. The third kappa shape index (κ3) is 3.63. The number of thiophene rings is 1. The third-order valence-corrected chi connectivity index (χ3v) is 4.68. The van der Waals surface area contributed by atoms with Gasteiger partial charge in [0.2, 0.25) is 11.8 Å². The standard InChI is InChI=1S/C14H20N4O3S/c1-9(17-4-6-18(7-5-17)10(2)19)13(21)16-14-11(12(15)20)3-8-22-14/h3,8-9H,4-7H2,1-2H3,(H2,15,20)(H,16,21). The molecule has 0 aliphatic carbocycles. The summed E-state index contributed by atoms with van der Waals surface area (Å²) in [5, 5.41) is 4.95. The second-order valence-corrected chi connectivity index (χ2v) is 6.15. The average molecular weight is 324 g/mol. The number of nitrogens with zero attached hydrogens (tertiary/aromatic N) is 2. The van der Waals surface area contributed by atoms with Gasteiger partial charge in [0.1, 0.15) is 5.00 Å². The van der Waals surface area contributed by atoms with Crippen molar-refractivity contribution in [1.29, 1.82) is 0 Å². The zero-order valence-corrected chi connectivity index (χ0v) is 13.5. The second kappa shape index (κ2) is 6.89. The predicted octanol–water partition coefficient (Wildman–Crippen LogP) is 0.338. The molecule has 22 heavy (non-hydrogen) atoms. The molecule has 0 radical (unpaired) electrons. The highest BCUT2D eigenvalue weighted by atomic mass is 32.1. The third-order valence-electron chi connectivity index (χ3n) is 3.85. The number of anilines is 1. The normalized spacial score (nSPS) is 17.1. The number of piperazine rings is 1. The highest BCUT2D eigenvalue weighted by Gasteiger charge is 2.27. The van der Waals surface area contributed by atoms with E-state index < -0.39 is 5.91 Å². The highest BCUT2D eigenvalue weighted by molar-refractivity contribution is 7.14. The molecule has 0 spiro atoms. The first-order chi connectivity index (χ1) is 10.4. The largest absolute Gasteiger partial charge is 0.366 e. The van der Waals surface area contributed by atoms with Crippen LogP contribution in [0.15, 0.2) is 11.4 Å². The van der Waals surface area contributed by atoms with Crippen molar-refractivity contribution in [1.82, 2.24) is 9.80 Å². The van der Waals surface area contributed by atoms with Gasteiger partial charge in [-0.2, -0.15) is 0 Å². The summed E-state index contributed by atoms with van der Waals surface area (Å²) in [5.74, 6) is -0.679. The molecule has 1 unspecified atom stereocenters. The van der Waals surface area contributed by atoms with Gasteiger partial charge in [0, 0.05) is 33.1 Å². The first kappa shape index (κ1) is 16.4. The van der Waals surface area contributed by atoms with E-state index in [1.54, 1.807) is 23.3 Å². The van der Waals surface area contributed by atoms with E-state index in [-0.39, 0.29) is 17.9 Å². The minimum absolute atomic E-state index is 0.0569. The van der Waals surface area contributed by atoms with E-state index in [1.165, 1.54) is 11.3 Å². The number of amides is 3. The van der Waals surface area contributed by atoms with Gasteiger partial charge >= 0.3 is 0 Å². The lowest BCUT2D eigenvalue weighted by Crippen LogP contribution is -2.53. The molecule has 3 N–H and O–H groups in total. The first-order valence-corrected chi connectivity index (χ1v) is 7.96. The maximum atomic E-state index is 12.3. The van der Waals surface area contributed by atoms with E-state index in [0.717, 1.165) is 0 Å². The summed E-state index contributed by atoms with van der Waals surface area (Å²) in [5.41, 5.74) is 5.59. The smallest absolute Gasteiger partial charge is 0.251 e. The topological polar surface area (TPSA) is 95.7 Å². The summed E-state index contributed by atoms with van der Waals surface area (Å²) in [4.78, 5) is 38.7. The van der Waals surface area contributed by atoms with Crippen molar-refractivity contribution < 1.29 is 14.4 Å². The van der Waals surface area contributed by atoms with Crippen LogP contribution in [0.25, 0.3) is 0 Å². The Morgan fingerprint density at radius 1 is 1.27 bits per heavy atom. The Morgan fingerprint density at radius 3 is 2.45 bits per heavy atom. The van der Waals surface area contributed by atoms with Crippen LogP contribution in [0.4, 0.5) is 5.00 Å². The van der Waals surface area contributed by atoms with Crippen LogP contribution < -0.4 is 11.1 Å². The number of rotatable bonds is 4. The fourth-order valence-corrected chi connectivity index (χ4v) is 3.20. The number of nitrogens with one attached hydrogen (secondary N) is 1. The molecule has 120 valence electrons. The van der Waals surface area contributed by atoms with Gasteiger partial charge in [0.05, 0.1) is 11.6 Å². The molecule has 1 aliphatic rings. The Kier molecular flexibility index (Phi) is 5.15. The maximum Gasteiger partial charge on any atom is 0.251 e. The summed E-state index contributed by atoms with van der Waals surface area (Å²) < 4.78 is 0. The summed E-state index contributed by atoms with van der Waals surface area (Å²) >= 11 is 1.27. The molecule has 0 bridgehead atoms. The van der Waals surface area contributed by atoms with Gasteiger partial charge in [-0.25, -0.2) is 0 Å². The first-order valence-electron chi connectivity index (χ1n) is 7.08. The lowest BCUT2D eigenvalue weighted by Gasteiger charge is -2.36. The molecule has 1 saturated heterocycles. The molecule has 7 nitrogen and oxygen atoms in total. The van der Waals surface area contributed by atoms with Crippen molar-refractivity contribution in [3.63, 3.8) is 0 Å². The lowest BCUT2D eigenvalue weighted by atomic mass is 10.2. The van der Waals surface area contributed by atoms with Crippen molar-refractivity contribution in [3.05, 3.63) is 17.0 Å². The van der Waals surface area contributed by atoms with Gasteiger partial charge in [-0.05, 0) is 18.4 Å². The van der Waals surface area contributed by atoms with Crippen LogP contribution in [0.3, 0.4) is 0 Å². The summed E-state index contributed by atoms with van der Waals surface area (Å²) in [6, 6.07) is 1.26. The molecule has 1 aromatic rings. The van der Waals surface area contributed by atoms with E-state index in [4.69, 9.17) is 5.73 Å². The van der Waals surface area contributed by atoms with Crippen LogP contribution in [0.2, 0.25) is 0 Å². The molecule has 1 atom stereocenters. The summed E-state index contributed by atoms with van der Waals surface area (Å²) in [7, 11) is 0. The molecule has 8 heteroatoms. The fourth-order valence-electron chi connectivity index (χ4n) is 2.41. The Bertz CT molecular complexity index is 578. The van der Waals surface area contributed by atoms with Crippen LogP contribution in [0.5, 0.6) is 0 Å². The minimum Gasteiger partial charge on any atom is -0.366 e. The van der Waals surface area contributed by atoms with Gasteiger partial charge in [-0.3, -0.25) is 19.3 Å². The van der Waals surface area contributed by atoms with Crippen molar-refractivity contribution in [2.24, 2.45) is 5.73 Å². The zero-order valence-electron chi connectivity index (χ0n) is 12.7. The quantitative estimate of drug-likeness (QED) is 0.835. The van der Waals surface area contributed by atoms with E-state index in [0.29, 0.717) is 36.7 Å². The zero-order chi connectivity index (χ0) is 16.3. The molecular formula is C14H20N4O3S. The number of primary amides is 1. The lowest BCUT2D eigenvalue weighted by molar-refractivity contribution is -0.131. The van der Waals surface area contributed by atoms with Crippen molar-refractivity contribution in [3.8, 4) is 0 Å². The van der Waals surface area contributed by atoms with Gasteiger partial charge in [-0.1, -0.05) is 0 Å². The van der Waals surface area contributed by atoms with E-state index in [2.05, 4.69) is 5.32 Å². The number of carbonyl (C=O) groups is 3. The average Bonchev–Trinajstić information content (AvgIpc) is 2.94. The number of hydrogen-bond donors (Lipinski definition) is 2. The fraction of sp³-hybridized carbons (Fsp3) is 0.500. The SMILES string of the molecule is CC(=O)N1CCN(C(C)C(=O)Nc2sccc2C(N)=O)CC1. The highest BCUT2D eigenvalue weighted by Crippen LogP contribution is 2.23. The molecule has 1 fully saturated rings. The monoisotopic (exact) mass is 324 g/mol. The Balaban J connectivity index is 1.94. The van der Waals surface area contributed by atoms with Crippen LogP contribution in [-0.4, -0.2) is 59.7 Å². The molecular weight excluding hydrogens is 304 g/mol. The number of nitrogens with two attached hydrogens (primary N) is 1.